The summed E-state index contributed by atoms with van der Waals surface area (Å²) in [6, 6.07) is 11.6. The molecular formula is C18H19Cl2N5. The van der Waals surface area contributed by atoms with Crippen LogP contribution in [0.25, 0.3) is 10.9 Å². The van der Waals surface area contributed by atoms with Crippen molar-refractivity contribution in [2.45, 2.75) is 19.9 Å². The number of benzene rings is 2. The third kappa shape index (κ3) is 3.89. The van der Waals surface area contributed by atoms with Gasteiger partial charge in [-0.1, -0.05) is 36.2 Å². The van der Waals surface area contributed by atoms with Crippen LogP contribution in [0.5, 0.6) is 0 Å². The van der Waals surface area contributed by atoms with E-state index >= 15 is 0 Å². The predicted octanol–water partition coefficient (Wildman–Crippen LogP) is 4.52. The van der Waals surface area contributed by atoms with Crippen LogP contribution >= 0.6 is 23.2 Å². The summed E-state index contributed by atoms with van der Waals surface area (Å²) < 4.78 is 0. The lowest BCUT2D eigenvalue weighted by Gasteiger charge is -2.25. The number of anilines is 3. The molecular weight excluding hydrogens is 357 g/mol. The predicted molar refractivity (Wildman–Crippen MR) is 106 cm³/mol. The van der Waals surface area contributed by atoms with E-state index in [2.05, 4.69) is 21.8 Å². The molecule has 7 heteroatoms. The molecule has 130 valence electrons. The second kappa shape index (κ2) is 7.33. The fourth-order valence-corrected chi connectivity index (χ4v) is 3.08. The molecule has 1 aromatic heterocycles. The molecule has 0 bridgehead atoms. The van der Waals surface area contributed by atoms with Gasteiger partial charge >= 0.3 is 0 Å². The highest BCUT2D eigenvalue weighted by atomic mass is 35.5. The van der Waals surface area contributed by atoms with Gasteiger partial charge in [-0.3, -0.25) is 0 Å². The first kappa shape index (κ1) is 17.6. The van der Waals surface area contributed by atoms with Crippen molar-refractivity contribution in [2.24, 2.45) is 0 Å². The molecule has 1 heterocycles. The van der Waals surface area contributed by atoms with Gasteiger partial charge in [0.2, 0.25) is 5.95 Å². The fraction of sp³-hybridized carbons (Fsp3) is 0.222. The zero-order chi connectivity index (χ0) is 18.0. The lowest BCUT2D eigenvalue weighted by molar-refractivity contribution is 0.768. The molecule has 0 saturated carbocycles. The van der Waals surface area contributed by atoms with Gasteiger partial charge < -0.3 is 16.4 Å². The first-order valence-corrected chi connectivity index (χ1v) is 8.75. The molecule has 0 radical (unpaired) electrons. The van der Waals surface area contributed by atoms with Crippen LogP contribution in [0, 0.1) is 0 Å². The highest BCUT2D eigenvalue weighted by Crippen LogP contribution is 2.29. The van der Waals surface area contributed by atoms with Crippen molar-refractivity contribution in [1.82, 2.24) is 9.97 Å². The van der Waals surface area contributed by atoms with Crippen molar-refractivity contribution in [3.05, 3.63) is 52.0 Å². The molecule has 0 atom stereocenters. The van der Waals surface area contributed by atoms with Crippen LogP contribution < -0.4 is 16.4 Å². The summed E-state index contributed by atoms with van der Waals surface area (Å²) in [5, 5.41) is 1.90. The molecule has 0 amide bonds. The van der Waals surface area contributed by atoms with Crippen molar-refractivity contribution in [3.8, 4) is 0 Å². The van der Waals surface area contributed by atoms with Crippen molar-refractivity contribution in [2.75, 3.05) is 22.9 Å². The smallest absolute Gasteiger partial charge is 0.222 e. The second-order valence-corrected chi connectivity index (χ2v) is 6.65. The maximum Gasteiger partial charge on any atom is 0.222 e. The van der Waals surface area contributed by atoms with Gasteiger partial charge in [-0.15, -0.1) is 0 Å². The first-order valence-electron chi connectivity index (χ1n) is 7.99. The normalized spacial score (nSPS) is 11.0. The molecule has 0 fully saturated rings. The highest BCUT2D eigenvalue weighted by Gasteiger charge is 2.11. The third-order valence-electron chi connectivity index (χ3n) is 3.94. The van der Waals surface area contributed by atoms with Gasteiger partial charge in [-0.25, -0.2) is 4.98 Å². The van der Waals surface area contributed by atoms with Gasteiger partial charge in [0.25, 0.3) is 0 Å². The van der Waals surface area contributed by atoms with Crippen LogP contribution in [0.3, 0.4) is 0 Å². The van der Waals surface area contributed by atoms with E-state index in [9.17, 15) is 0 Å². The molecule has 0 spiro atoms. The maximum atomic E-state index is 6.17. The van der Waals surface area contributed by atoms with E-state index in [4.69, 9.17) is 34.7 Å². The van der Waals surface area contributed by atoms with Crippen molar-refractivity contribution < 1.29 is 0 Å². The monoisotopic (exact) mass is 375 g/mol. The van der Waals surface area contributed by atoms with Gasteiger partial charge in [-0.05, 0) is 42.3 Å². The van der Waals surface area contributed by atoms with Crippen LogP contribution in [0.2, 0.25) is 10.0 Å². The first-order chi connectivity index (χ1) is 12.0. The van der Waals surface area contributed by atoms with E-state index in [0.29, 0.717) is 22.4 Å². The number of nitrogen functional groups attached to an aromatic ring is 2. The molecule has 3 rings (SSSR count). The van der Waals surface area contributed by atoms with E-state index in [1.807, 2.05) is 36.4 Å². The summed E-state index contributed by atoms with van der Waals surface area (Å²) in [4.78, 5) is 10.5. The minimum atomic E-state index is 0.182. The molecule has 5 nitrogen and oxygen atoms in total. The average Bonchev–Trinajstić information content (AvgIpc) is 2.57. The van der Waals surface area contributed by atoms with Crippen molar-refractivity contribution in [1.29, 1.82) is 0 Å². The molecule has 25 heavy (non-hydrogen) atoms. The third-order valence-corrected chi connectivity index (χ3v) is 4.68. The Morgan fingerprint density at radius 1 is 1.00 bits per heavy atom. The van der Waals surface area contributed by atoms with Gasteiger partial charge in [-0.2, -0.15) is 4.98 Å². The van der Waals surface area contributed by atoms with Gasteiger partial charge in [0, 0.05) is 24.2 Å². The standard InChI is InChI=1S/C18H19Cl2N5/c1-2-7-25(12-4-5-14(19)15(20)9-12)10-11-3-6-16-13(8-11)17(21)24-18(22)23-16/h3-6,8-9H,2,7,10H2,1H3,(H4,21,22,23,24). The molecule has 0 aliphatic carbocycles. The number of hydrogen-bond acceptors (Lipinski definition) is 5. The second-order valence-electron chi connectivity index (χ2n) is 5.84. The molecule has 2 aromatic carbocycles. The summed E-state index contributed by atoms with van der Waals surface area (Å²) in [5.74, 6) is 0.571. The van der Waals surface area contributed by atoms with Crippen molar-refractivity contribution >= 4 is 51.6 Å². The lowest BCUT2D eigenvalue weighted by Crippen LogP contribution is -2.23. The average molecular weight is 376 g/mol. The van der Waals surface area contributed by atoms with E-state index in [-0.39, 0.29) is 5.95 Å². The zero-order valence-electron chi connectivity index (χ0n) is 13.8. The summed E-state index contributed by atoms with van der Waals surface area (Å²) in [5.41, 5.74) is 14.5. The summed E-state index contributed by atoms with van der Waals surface area (Å²) in [7, 11) is 0. The Morgan fingerprint density at radius 2 is 1.80 bits per heavy atom. The fourth-order valence-electron chi connectivity index (χ4n) is 2.79. The largest absolute Gasteiger partial charge is 0.383 e. The number of rotatable bonds is 5. The van der Waals surface area contributed by atoms with Crippen LogP contribution in [-0.4, -0.2) is 16.5 Å². The van der Waals surface area contributed by atoms with Crippen LogP contribution in [0.4, 0.5) is 17.5 Å². The molecule has 0 aliphatic rings. The molecule has 3 aromatic rings. The Labute approximate surface area is 156 Å². The SMILES string of the molecule is CCCN(Cc1ccc2nc(N)nc(N)c2c1)c1ccc(Cl)c(Cl)c1. The number of fused-ring (bicyclic) bond motifs is 1. The number of halogens is 2. The summed E-state index contributed by atoms with van der Waals surface area (Å²) >= 11 is 12.2. The summed E-state index contributed by atoms with van der Waals surface area (Å²) in [6.45, 7) is 3.74. The van der Waals surface area contributed by atoms with Crippen LogP contribution in [0.15, 0.2) is 36.4 Å². The topological polar surface area (TPSA) is 81.1 Å². The minimum absolute atomic E-state index is 0.182. The Kier molecular flexibility index (Phi) is 5.16. The van der Waals surface area contributed by atoms with Gasteiger partial charge in [0.1, 0.15) is 5.82 Å². The van der Waals surface area contributed by atoms with E-state index < -0.39 is 0 Å². The Hall–Kier alpha value is -2.24. The zero-order valence-corrected chi connectivity index (χ0v) is 15.3. The van der Waals surface area contributed by atoms with Crippen molar-refractivity contribution in [3.63, 3.8) is 0 Å². The van der Waals surface area contributed by atoms with Gasteiger partial charge in [0.15, 0.2) is 0 Å². The lowest BCUT2D eigenvalue weighted by atomic mass is 10.1. The Morgan fingerprint density at radius 3 is 2.52 bits per heavy atom. The number of nitrogens with zero attached hydrogens (tertiary/aromatic N) is 3. The van der Waals surface area contributed by atoms with E-state index in [1.165, 1.54) is 0 Å². The molecule has 0 unspecified atom stereocenters. The maximum absolute atomic E-state index is 6.17. The quantitative estimate of drug-likeness (QED) is 0.684. The Bertz CT molecular complexity index is 913. The summed E-state index contributed by atoms with van der Waals surface area (Å²) in [6.07, 6.45) is 1.01. The van der Waals surface area contributed by atoms with Gasteiger partial charge in [0.05, 0.1) is 15.6 Å². The van der Waals surface area contributed by atoms with Crippen LogP contribution in [-0.2, 0) is 6.54 Å². The molecule has 4 N–H and O–H groups in total. The molecule has 0 aliphatic heterocycles. The van der Waals surface area contributed by atoms with E-state index in [1.54, 1.807) is 0 Å². The molecule has 0 saturated heterocycles. The number of nitrogens with two attached hydrogens (primary N) is 2. The highest BCUT2D eigenvalue weighted by molar-refractivity contribution is 6.42. The number of aromatic nitrogens is 2. The Balaban J connectivity index is 1.94. The van der Waals surface area contributed by atoms with Crippen LogP contribution in [0.1, 0.15) is 18.9 Å². The van der Waals surface area contributed by atoms with E-state index in [0.717, 1.165) is 35.1 Å². The number of hydrogen-bond donors (Lipinski definition) is 2. The minimum Gasteiger partial charge on any atom is -0.383 e.